The third-order valence-corrected chi connectivity index (χ3v) is 4.31. The molecule has 0 spiro atoms. The highest BCUT2D eigenvalue weighted by Crippen LogP contribution is 2.29. The van der Waals surface area contributed by atoms with Crippen molar-refractivity contribution in [3.8, 4) is 11.3 Å². The molecule has 1 aromatic carbocycles. The summed E-state index contributed by atoms with van der Waals surface area (Å²) < 4.78 is 52.7. The van der Waals surface area contributed by atoms with E-state index in [-0.39, 0.29) is 22.3 Å². The van der Waals surface area contributed by atoms with Crippen molar-refractivity contribution in [3.63, 3.8) is 0 Å². The Morgan fingerprint density at radius 1 is 1.21 bits per heavy atom. The second-order valence-corrected chi connectivity index (χ2v) is 6.72. The number of anilines is 2. The Hall–Kier alpha value is -3.28. The Balaban J connectivity index is 1.66. The number of nitrogens with zero attached hydrogens (tertiary/aromatic N) is 3. The van der Waals surface area contributed by atoms with E-state index in [0.29, 0.717) is 5.69 Å². The number of aromatic nitrogens is 3. The highest BCUT2D eigenvalue weighted by Gasteiger charge is 2.33. The molecule has 0 aliphatic carbocycles. The third kappa shape index (κ3) is 5.16. The molecule has 0 radical (unpaired) electrons. The van der Waals surface area contributed by atoms with Crippen LogP contribution in [0.4, 0.5) is 28.4 Å². The van der Waals surface area contributed by atoms with Gasteiger partial charge in [-0.05, 0) is 24.3 Å². The lowest BCUT2D eigenvalue weighted by Gasteiger charge is -2.05. The maximum Gasteiger partial charge on any atom is 0.435 e. The molecular weight excluding hydrogens is 414 g/mol. The molecule has 3 rings (SSSR count). The van der Waals surface area contributed by atoms with E-state index in [1.165, 1.54) is 24.4 Å². The molecule has 29 heavy (non-hydrogen) atoms. The Labute approximate surface area is 165 Å². The van der Waals surface area contributed by atoms with Gasteiger partial charge in [0.1, 0.15) is 12.4 Å². The normalized spacial score (nSPS) is 11.3. The quantitative estimate of drug-likeness (QED) is 0.607. The molecule has 0 atom stereocenters. The van der Waals surface area contributed by atoms with E-state index in [1.54, 1.807) is 0 Å². The smallest absolute Gasteiger partial charge is 0.326 e. The predicted octanol–water partition coefficient (Wildman–Crippen LogP) is 3.76. The first-order valence-corrected chi connectivity index (χ1v) is 8.93. The number of rotatable bonds is 5. The van der Waals surface area contributed by atoms with Gasteiger partial charge < -0.3 is 10.6 Å². The molecule has 2 amide bonds. The maximum atomic E-state index is 14.3. The zero-order chi connectivity index (χ0) is 21.2. The Bertz CT molecular complexity index is 1060. The summed E-state index contributed by atoms with van der Waals surface area (Å²) in [4.78, 5) is 27.1. The number of benzene rings is 1. The molecule has 12 heteroatoms. The molecule has 7 nitrogen and oxygen atoms in total. The molecule has 0 fully saturated rings. The van der Waals surface area contributed by atoms with E-state index in [9.17, 15) is 27.2 Å². The fourth-order valence-corrected chi connectivity index (χ4v) is 3.09. The summed E-state index contributed by atoms with van der Waals surface area (Å²) >= 11 is 1.03. The van der Waals surface area contributed by atoms with Crippen molar-refractivity contribution in [2.75, 3.05) is 10.6 Å². The van der Waals surface area contributed by atoms with Crippen LogP contribution in [-0.4, -0.2) is 26.6 Å². The summed E-state index contributed by atoms with van der Waals surface area (Å²) in [5, 5.41) is 9.85. The number of hydrogen-bond acceptors (Lipinski definition) is 5. The van der Waals surface area contributed by atoms with E-state index in [1.807, 2.05) is 0 Å². The van der Waals surface area contributed by atoms with Crippen LogP contribution in [0.5, 0.6) is 0 Å². The molecule has 0 saturated heterocycles. The summed E-state index contributed by atoms with van der Waals surface area (Å²) in [6.45, 7) is 0.860. The second kappa shape index (κ2) is 7.99. The molecule has 2 aromatic heterocycles. The van der Waals surface area contributed by atoms with E-state index < -0.39 is 30.1 Å². The second-order valence-electron chi connectivity index (χ2n) is 5.86. The van der Waals surface area contributed by atoms with Crippen LogP contribution >= 0.6 is 11.3 Å². The van der Waals surface area contributed by atoms with Crippen LogP contribution in [0.25, 0.3) is 11.3 Å². The first-order valence-electron chi connectivity index (χ1n) is 8.05. The Morgan fingerprint density at radius 3 is 2.59 bits per heavy atom. The number of nitrogens with one attached hydrogen (secondary N) is 2. The lowest BCUT2D eigenvalue weighted by Crippen LogP contribution is -2.19. The predicted molar refractivity (Wildman–Crippen MR) is 97.7 cm³/mol. The summed E-state index contributed by atoms with van der Waals surface area (Å²) in [5.74, 6) is -1.59. The Kier molecular flexibility index (Phi) is 5.64. The van der Waals surface area contributed by atoms with Crippen LogP contribution in [0.15, 0.2) is 35.8 Å². The van der Waals surface area contributed by atoms with Gasteiger partial charge in [-0.25, -0.2) is 9.37 Å². The first kappa shape index (κ1) is 20.5. The molecule has 3 aromatic rings. The van der Waals surface area contributed by atoms with Gasteiger partial charge in [-0.3, -0.25) is 14.3 Å². The molecule has 0 saturated carbocycles. The van der Waals surface area contributed by atoms with Gasteiger partial charge in [-0.2, -0.15) is 18.3 Å². The summed E-state index contributed by atoms with van der Waals surface area (Å²) in [6, 6.07) is 4.85. The van der Waals surface area contributed by atoms with Crippen molar-refractivity contribution in [2.24, 2.45) is 0 Å². The molecule has 0 aliphatic heterocycles. The highest BCUT2D eigenvalue weighted by atomic mass is 32.1. The van der Waals surface area contributed by atoms with Crippen molar-refractivity contribution in [2.45, 2.75) is 19.6 Å². The number of thiazole rings is 1. The van der Waals surface area contributed by atoms with Crippen molar-refractivity contribution in [3.05, 3.63) is 47.4 Å². The zero-order valence-corrected chi connectivity index (χ0v) is 15.6. The van der Waals surface area contributed by atoms with Gasteiger partial charge in [0, 0.05) is 29.8 Å². The number of halogens is 4. The SMILES string of the molecule is CC(=O)Nc1ccc(-c2csc(NC(=O)Cn3ccc(C(F)(F)F)n3)n2)c(F)c1. The van der Waals surface area contributed by atoms with Gasteiger partial charge >= 0.3 is 6.18 Å². The molecule has 0 unspecified atom stereocenters. The topological polar surface area (TPSA) is 88.9 Å². The fourth-order valence-electron chi connectivity index (χ4n) is 2.37. The maximum absolute atomic E-state index is 14.3. The first-order chi connectivity index (χ1) is 13.6. The van der Waals surface area contributed by atoms with Gasteiger partial charge in [-0.1, -0.05) is 0 Å². The fraction of sp³-hybridized carbons (Fsp3) is 0.176. The standard InChI is InChI=1S/C17H13F4N5O2S/c1-9(27)22-10-2-3-11(12(18)6-10)13-8-29-16(23-13)24-15(28)7-26-5-4-14(25-26)17(19,20)21/h2-6,8H,7H2,1H3,(H,22,27)(H,23,24,28). The minimum atomic E-state index is -4.59. The van der Waals surface area contributed by atoms with Gasteiger partial charge in [0.05, 0.1) is 5.69 Å². The molecule has 0 bridgehead atoms. The van der Waals surface area contributed by atoms with Crippen LogP contribution in [0, 0.1) is 5.82 Å². The van der Waals surface area contributed by atoms with Crippen molar-refractivity contribution in [1.29, 1.82) is 0 Å². The Morgan fingerprint density at radius 2 is 1.97 bits per heavy atom. The van der Waals surface area contributed by atoms with Crippen LogP contribution in [0.3, 0.4) is 0 Å². The summed E-state index contributed by atoms with van der Waals surface area (Å²) in [6.07, 6.45) is -3.55. The van der Waals surface area contributed by atoms with E-state index in [4.69, 9.17) is 0 Å². The molecule has 2 N–H and O–H groups in total. The number of hydrogen-bond donors (Lipinski definition) is 2. The molecular formula is C17H13F4N5O2S. The van der Waals surface area contributed by atoms with Crippen molar-refractivity contribution >= 4 is 34.0 Å². The van der Waals surface area contributed by atoms with Gasteiger partial charge in [-0.15, -0.1) is 11.3 Å². The third-order valence-electron chi connectivity index (χ3n) is 3.55. The van der Waals surface area contributed by atoms with Gasteiger partial charge in [0.2, 0.25) is 11.8 Å². The van der Waals surface area contributed by atoms with Gasteiger partial charge in [0.15, 0.2) is 10.8 Å². The van der Waals surface area contributed by atoms with E-state index >= 15 is 0 Å². The zero-order valence-electron chi connectivity index (χ0n) is 14.7. The number of carbonyl (C=O) groups excluding carboxylic acids is 2. The van der Waals surface area contributed by atoms with Gasteiger partial charge in [0.25, 0.3) is 0 Å². The lowest BCUT2D eigenvalue weighted by atomic mass is 10.1. The number of amides is 2. The van der Waals surface area contributed by atoms with Crippen molar-refractivity contribution < 1.29 is 27.2 Å². The number of alkyl halides is 3. The summed E-state index contributed by atoms with van der Waals surface area (Å²) in [5.41, 5.74) is -0.381. The minimum absolute atomic E-state index is 0.151. The minimum Gasteiger partial charge on any atom is -0.326 e. The average Bonchev–Trinajstić information content (AvgIpc) is 3.23. The monoisotopic (exact) mass is 427 g/mol. The summed E-state index contributed by atoms with van der Waals surface area (Å²) in [7, 11) is 0. The van der Waals surface area contributed by atoms with E-state index in [0.717, 1.165) is 34.3 Å². The van der Waals surface area contributed by atoms with Crippen molar-refractivity contribution in [1.82, 2.24) is 14.8 Å². The van der Waals surface area contributed by atoms with Crippen LogP contribution in [0.2, 0.25) is 0 Å². The molecule has 152 valence electrons. The van der Waals surface area contributed by atoms with Crippen LogP contribution in [0.1, 0.15) is 12.6 Å². The average molecular weight is 427 g/mol. The molecule has 2 heterocycles. The van der Waals surface area contributed by atoms with E-state index in [2.05, 4.69) is 20.7 Å². The highest BCUT2D eigenvalue weighted by molar-refractivity contribution is 7.14. The van der Waals surface area contributed by atoms with Crippen LogP contribution < -0.4 is 10.6 Å². The lowest BCUT2D eigenvalue weighted by molar-refractivity contribution is -0.141. The largest absolute Gasteiger partial charge is 0.435 e. The number of carbonyl (C=O) groups is 2. The van der Waals surface area contributed by atoms with Crippen LogP contribution in [-0.2, 0) is 22.3 Å². The molecule has 0 aliphatic rings.